The van der Waals surface area contributed by atoms with Crippen molar-refractivity contribution in [3.05, 3.63) is 65.7 Å². The summed E-state index contributed by atoms with van der Waals surface area (Å²) in [6.45, 7) is 2.04. The monoisotopic (exact) mass is 381 g/mol. The second-order valence-electron chi connectivity index (χ2n) is 7.00. The molecule has 1 fully saturated rings. The first-order chi connectivity index (χ1) is 13.7. The molecule has 3 amide bonds. The molecule has 1 aliphatic heterocycles. The van der Waals surface area contributed by atoms with E-state index in [-0.39, 0.29) is 11.9 Å². The average Bonchev–Trinajstić information content (AvgIpc) is 3.24. The normalized spacial score (nSPS) is 14.5. The molecule has 6 heteroatoms. The van der Waals surface area contributed by atoms with Crippen LogP contribution < -0.4 is 10.6 Å². The number of hydrogen-bond acceptors (Lipinski definition) is 3. The average molecular weight is 381 g/mol. The molecule has 1 saturated heterocycles. The molecule has 0 saturated carbocycles. The number of methoxy groups -OCH3 is 1. The Morgan fingerprint density at radius 2 is 1.68 bits per heavy atom. The highest BCUT2D eigenvalue weighted by Crippen LogP contribution is 2.13. The summed E-state index contributed by atoms with van der Waals surface area (Å²) in [6.07, 6.45) is 2.50. The van der Waals surface area contributed by atoms with Crippen molar-refractivity contribution in [1.29, 1.82) is 0 Å². The van der Waals surface area contributed by atoms with Gasteiger partial charge in [-0.25, -0.2) is 4.79 Å². The van der Waals surface area contributed by atoms with E-state index in [0.717, 1.165) is 37.1 Å². The first-order valence-corrected chi connectivity index (χ1v) is 9.64. The van der Waals surface area contributed by atoms with Crippen molar-refractivity contribution in [2.75, 3.05) is 25.5 Å². The first-order valence-electron chi connectivity index (χ1n) is 9.64. The van der Waals surface area contributed by atoms with Gasteiger partial charge in [0.25, 0.3) is 0 Å². The summed E-state index contributed by atoms with van der Waals surface area (Å²) < 4.78 is 5.09. The van der Waals surface area contributed by atoms with Gasteiger partial charge < -0.3 is 20.3 Å². The highest BCUT2D eigenvalue weighted by molar-refractivity contribution is 5.94. The summed E-state index contributed by atoms with van der Waals surface area (Å²) in [5, 5.41) is 5.68. The number of urea groups is 1. The van der Waals surface area contributed by atoms with E-state index in [0.29, 0.717) is 18.7 Å². The third-order valence-electron chi connectivity index (χ3n) is 4.83. The van der Waals surface area contributed by atoms with Crippen LogP contribution in [0.15, 0.2) is 54.6 Å². The molecule has 0 bridgehead atoms. The smallest absolute Gasteiger partial charge is 0.319 e. The van der Waals surface area contributed by atoms with Crippen LogP contribution in [-0.4, -0.2) is 43.1 Å². The summed E-state index contributed by atoms with van der Waals surface area (Å²) in [7, 11) is 1.64. The summed E-state index contributed by atoms with van der Waals surface area (Å²) in [6, 6.07) is 16.2. The van der Waals surface area contributed by atoms with E-state index in [4.69, 9.17) is 4.74 Å². The number of ether oxygens (including phenoxy) is 1. The Balaban J connectivity index is 1.65. The van der Waals surface area contributed by atoms with Crippen molar-refractivity contribution in [2.45, 2.75) is 31.9 Å². The number of rotatable bonds is 7. The van der Waals surface area contributed by atoms with Crippen molar-refractivity contribution in [3.8, 4) is 0 Å². The third-order valence-corrected chi connectivity index (χ3v) is 4.83. The highest BCUT2D eigenvalue weighted by atomic mass is 16.5. The zero-order valence-corrected chi connectivity index (χ0v) is 16.2. The standard InChI is InChI=1S/C22H27N3O3/c1-28-16-18-9-11-19(12-10-18)23-22(27)24-20(15-17-7-3-2-4-8-17)21(26)25-13-5-6-14-25/h2-4,7-12,20H,5-6,13-16H2,1H3,(H2,23,24,27). The lowest BCUT2D eigenvalue weighted by Crippen LogP contribution is -2.50. The van der Waals surface area contributed by atoms with Crippen molar-refractivity contribution in [2.24, 2.45) is 0 Å². The molecule has 3 rings (SSSR count). The molecular formula is C22H27N3O3. The molecule has 148 valence electrons. The quantitative estimate of drug-likeness (QED) is 0.774. The molecule has 2 aromatic carbocycles. The SMILES string of the molecule is COCc1ccc(NC(=O)NC(Cc2ccccc2)C(=O)N2CCCC2)cc1. The van der Waals surface area contributed by atoms with Gasteiger partial charge in [-0.3, -0.25) is 4.79 Å². The second kappa shape index (κ2) is 9.90. The van der Waals surface area contributed by atoms with Crippen LogP contribution in [0.1, 0.15) is 24.0 Å². The largest absolute Gasteiger partial charge is 0.380 e. The minimum Gasteiger partial charge on any atom is -0.380 e. The summed E-state index contributed by atoms with van der Waals surface area (Å²) in [5.74, 6) is -0.0213. The van der Waals surface area contributed by atoms with Crippen LogP contribution in [0.25, 0.3) is 0 Å². The molecule has 2 N–H and O–H groups in total. The van der Waals surface area contributed by atoms with E-state index in [2.05, 4.69) is 10.6 Å². The zero-order chi connectivity index (χ0) is 19.8. The lowest BCUT2D eigenvalue weighted by Gasteiger charge is -2.24. The molecule has 6 nitrogen and oxygen atoms in total. The number of benzene rings is 2. The molecule has 1 unspecified atom stereocenters. The molecule has 1 aliphatic rings. The first kappa shape index (κ1) is 19.9. The minimum absolute atomic E-state index is 0.0213. The molecule has 0 aromatic heterocycles. The summed E-state index contributed by atoms with van der Waals surface area (Å²) in [4.78, 5) is 27.3. The van der Waals surface area contributed by atoms with Crippen molar-refractivity contribution in [3.63, 3.8) is 0 Å². The number of nitrogens with one attached hydrogen (secondary N) is 2. The Bertz CT molecular complexity index is 771. The summed E-state index contributed by atoms with van der Waals surface area (Å²) in [5.41, 5.74) is 2.72. The van der Waals surface area contributed by atoms with Crippen LogP contribution in [0.4, 0.5) is 10.5 Å². The molecule has 0 aliphatic carbocycles. The second-order valence-corrected chi connectivity index (χ2v) is 7.00. The minimum atomic E-state index is -0.590. The number of carbonyl (C=O) groups is 2. The fourth-order valence-electron chi connectivity index (χ4n) is 3.38. The fraction of sp³-hybridized carbons (Fsp3) is 0.364. The van der Waals surface area contributed by atoms with E-state index in [9.17, 15) is 9.59 Å². The number of hydrogen-bond donors (Lipinski definition) is 2. The summed E-state index contributed by atoms with van der Waals surface area (Å²) >= 11 is 0. The van der Waals surface area contributed by atoms with Crippen LogP contribution in [0, 0.1) is 0 Å². The van der Waals surface area contributed by atoms with Crippen LogP contribution in [0.2, 0.25) is 0 Å². The van der Waals surface area contributed by atoms with E-state index in [1.54, 1.807) is 7.11 Å². The predicted octanol–water partition coefficient (Wildman–Crippen LogP) is 3.19. The Morgan fingerprint density at radius 3 is 2.32 bits per heavy atom. The van der Waals surface area contributed by atoms with Crippen molar-refractivity contribution < 1.29 is 14.3 Å². The third kappa shape index (κ3) is 5.57. The lowest BCUT2D eigenvalue weighted by molar-refractivity contribution is -0.132. The molecule has 1 heterocycles. The molecule has 1 atom stereocenters. The maximum Gasteiger partial charge on any atom is 0.319 e. The van der Waals surface area contributed by atoms with Crippen molar-refractivity contribution >= 4 is 17.6 Å². The zero-order valence-electron chi connectivity index (χ0n) is 16.2. The number of nitrogens with zero attached hydrogens (tertiary/aromatic N) is 1. The molecule has 2 aromatic rings. The van der Waals surface area contributed by atoms with Gasteiger partial charge in [0, 0.05) is 32.3 Å². The van der Waals surface area contributed by atoms with Crippen molar-refractivity contribution in [1.82, 2.24) is 10.2 Å². The molecular weight excluding hydrogens is 354 g/mol. The number of amides is 3. The van der Waals surface area contributed by atoms with Gasteiger partial charge >= 0.3 is 6.03 Å². The van der Waals surface area contributed by atoms with Gasteiger partial charge in [0.05, 0.1) is 6.61 Å². The van der Waals surface area contributed by atoms with Crippen LogP contribution in [0.3, 0.4) is 0 Å². The Labute approximate surface area is 165 Å². The maximum atomic E-state index is 12.9. The number of carbonyl (C=O) groups excluding carboxylic acids is 2. The van der Waals surface area contributed by atoms with E-state index < -0.39 is 6.04 Å². The van der Waals surface area contributed by atoms with Crippen LogP contribution in [0.5, 0.6) is 0 Å². The van der Waals surface area contributed by atoms with Crippen LogP contribution in [-0.2, 0) is 22.6 Å². The van der Waals surface area contributed by atoms with Gasteiger partial charge in [-0.15, -0.1) is 0 Å². The maximum absolute atomic E-state index is 12.9. The molecule has 0 spiro atoms. The number of anilines is 1. The van der Waals surface area contributed by atoms with Gasteiger partial charge in [-0.1, -0.05) is 42.5 Å². The van der Waals surface area contributed by atoms with Gasteiger partial charge in [0.1, 0.15) is 6.04 Å². The number of likely N-dealkylation sites (tertiary alicyclic amines) is 1. The Hall–Kier alpha value is -2.86. The van der Waals surface area contributed by atoms with Crippen LogP contribution >= 0.6 is 0 Å². The van der Waals surface area contributed by atoms with Gasteiger partial charge in [0.2, 0.25) is 5.91 Å². The van der Waals surface area contributed by atoms with E-state index in [1.165, 1.54) is 0 Å². The Kier molecular flexibility index (Phi) is 7.03. The topological polar surface area (TPSA) is 70.7 Å². The van der Waals surface area contributed by atoms with E-state index in [1.807, 2.05) is 59.5 Å². The Morgan fingerprint density at radius 1 is 1.00 bits per heavy atom. The van der Waals surface area contributed by atoms with Gasteiger partial charge in [0.15, 0.2) is 0 Å². The van der Waals surface area contributed by atoms with Gasteiger partial charge in [-0.2, -0.15) is 0 Å². The lowest BCUT2D eigenvalue weighted by atomic mass is 10.0. The predicted molar refractivity (Wildman–Crippen MR) is 109 cm³/mol. The fourth-order valence-corrected chi connectivity index (χ4v) is 3.38. The molecule has 0 radical (unpaired) electrons. The van der Waals surface area contributed by atoms with E-state index >= 15 is 0 Å². The van der Waals surface area contributed by atoms with Gasteiger partial charge in [-0.05, 0) is 36.1 Å². The molecule has 28 heavy (non-hydrogen) atoms. The highest BCUT2D eigenvalue weighted by Gasteiger charge is 2.28.